The minimum atomic E-state index is -0.697. The number of aromatic nitrogens is 2. The number of carbonyl (C=O) groups excluding carboxylic acids is 1. The molecule has 0 aliphatic carbocycles. The van der Waals surface area contributed by atoms with Crippen LogP contribution in [0.3, 0.4) is 0 Å². The first kappa shape index (κ1) is 19.1. The molecule has 1 amide bonds. The molecular formula is C20H18F2N4O2. The SMILES string of the molecule is Nc1ccccc1NC(=O)C=Cc1cnn(CCOc2cc(F)cc(F)c2)c1. The van der Waals surface area contributed by atoms with Crippen LogP contribution in [0.5, 0.6) is 5.75 Å². The first-order valence-corrected chi connectivity index (χ1v) is 8.44. The van der Waals surface area contributed by atoms with Crippen LogP contribution in [0, 0.1) is 11.6 Å². The van der Waals surface area contributed by atoms with Crippen LogP contribution in [0.15, 0.2) is 60.9 Å². The average Bonchev–Trinajstić information content (AvgIpc) is 3.09. The van der Waals surface area contributed by atoms with E-state index in [4.69, 9.17) is 10.5 Å². The van der Waals surface area contributed by atoms with Crippen molar-refractivity contribution in [3.05, 3.63) is 78.1 Å². The predicted octanol–water partition coefficient (Wildman–Crippen LogP) is 3.47. The van der Waals surface area contributed by atoms with Crippen LogP contribution < -0.4 is 15.8 Å². The molecule has 3 aromatic rings. The largest absolute Gasteiger partial charge is 0.491 e. The second-order valence-electron chi connectivity index (χ2n) is 5.90. The molecule has 0 atom stereocenters. The van der Waals surface area contributed by atoms with E-state index in [0.29, 0.717) is 23.5 Å². The van der Waals surface area contributed by atoms with Crippen molar-refractivity contribution in [2.45, 2.75) is 6.54 Å². The first-order valence-electron chi connectivity index (χ1n) is 8.44. The molecular weight excluding hydrogens is 366 g/mol. The molecule has 8 heteroatoms. The molecule has 0 aliphatic rings. The maximum atomic E-state index is 13.1. The third-order valence-electron chi connectivity index (χ3n) is 3.72. The molecule has 1 heterocycles. The van der Waals surface area contributed by atoms with Gasteiger partial charge >= 0.3 is 0 Å². The highest BCUT2D eigenvalue weighted by Crippen LogP contribution is 2.17. The molecule has 0 radical (unpaired) electrons. The lowest BCUT2D eigenvalue weighted by atomic mass is 10.2. The van der Waals surface area contributed by atoms with Crippen LogP contribution in [0.2, 0.25) is 0 Å². The number of para-hydroxylation sites is 2. The van der Waals surface area contributed by atoms with Gasteiger partial charge in [-0.2, -0.15) is 5.10 Å². The van der Waals surface area contributed by atoms with E-state index >= 15 is 0 Å². The number of benzene rings is 2. The Morgan fingerprint density at radius 2 is 1.96 bits per heavy atom. The van der Waals surface area contributed by atoms with Crippen LogP contribution in [0.25, 0.3) is 6.08 Å². The number of nitrogens with zero attached hydrogens (tertiary/aromatic N) is 2. The highest BCUT2D eigenvalue weighted by atomic mass is 19.1. The molecule has 3 rings (SSSR count). The van der Waals surface area contributed by atoms with Crippen molar-refractivity contribution in [1.82, 2.24) is 9.78 Å². The highest BCUT2D eigenvalue weighted by Gasteiger charge is 2.03. The van der Waals surface area contributed by atoms with E-state index in [1.54, 1.807) is 47.4 Å². The number of carbonyl (C=O) groups is 1. The number of nitrogen functional groups attached to an aromatic ring is 1. The Bertz CT molecular complexity index is 981. The lowest BCUT2D eigenvalue weighted by Gasteiger charge is -2.06. The van der Waals surface area contributed by atoms with E-state index in [1.807, 2.05) is 0 Å². The van der Waals surface area contributed by atoms with Crippen LogP contribution in [-0.4, -0.2) is 22.3 Å². The van der Waals surface area contributed by atoms with Gasteiger partial charge in [-0.25, -0.2) is 8.78 Å². The van der Waals surface area contributed by atoms with Crippen molar-refractivity contribution >= 4 is 23.4 Å². The molecule has 1 aromatic heterocycles. The number of nitrogens with two attached hydrogens (primary N) is 1. The van der Waals surface area contributed by atoms with E-state index < -0.39 is 11.6 Å². The molecule has 28 heavy (non-hydrogen) atoms. The van der Waals surface area contributed by atoms with Gasteiger partial charge in [-0.05, 0) is 18.2 Å². The fraction of sp³-hybridized carbons (Fsp3) is 0.100. The number of hydrogen-bond donors (Lipinski definition) is 2. The Hall–Kier alpha value is -3.68. The van der Waals surface area contributed by atoms with Gasteiger partial charge in [-0.3, -0.25) is 9.48 Å². The summed E-state index contributed by atoms with van der Waals surface area (Å²) in [5.74, 6) is -1.60. The smallest absolute Gasteiger partial charge is 0.248 e. The van der Waals surface area contributed by atoms with Gasteiger partial charge in [0.25, 0.3) is 0 Å². The van der Waals surface area contributed by atoms with Crippen molar-refractivity contribution in [2.75, 3.05) is 17.7 Å². The van der Waals surface area contributed by atoms with E-state index in [9.17, 15) is 13.6 Å². The van der Waals surface area contributed by atoms with Gasteiger partial charge in [0.2, 0.25) is 5.91 Å². The summed E-state index contributed by atoms with van der Waals surface area (Å²) in [6, 6.07) is 9.97. The Kier molecular flexibility index (Phi) is 6.01. The third-order valence-corrected chi connectivity index (χ3v) is 3.72. The summed E-state index contributed by atoms with van der Waals surface area (Å²) in [7, 11) is 0. The van der Waals surface area contributed by atoms with Gasteiger partial charge in [0.15, 0.2) is 0 Å². The number of ether oxygens (including phenoxy) is 1. The molecule has 0 unspecified atom stereocenters. The van der Waals surface area contributed by atoms with Crippen molar-refractivity contribution in [2.24, 2.45) is 0 Å². The van der Waals surface area contributed by atoms with Crippen molar-refractivity contribution < 1.29 is 18.3 Å². The quantitative estimate of drug-likeness (QED) is 0.483. The van der Waals surface area contributed by atoms with Crippen molar-refractivity contribution in [1.29, 1.82) is 0 Å². The number of amides is 1. The average molecular weight is 384 g/mol. The number of rotatable bonds is 7. The molecule has 0 fully saturated rings. The van der Waals surface area contributed by atoms with E-state index in [0.717, 1.165) is 18.2 Å². The van der Waals surface area contributed by atoms with Crippen molar-refractivity contribution in [3.63, 3.8) is 0 Å². The number of anilines is 2. The molecule has 3 N–H and O–H groups in total. The van der Waals surface area contributed by atoms with Crippen LogP contribution >= 0.6 is 0 Å². The van der Waals surface area contributed by atoms with Crippen LogP contribution in [0.1, 0.15) is 5.56 Å². The topological polar surface area (TPSA) is 82.2 Å². The lowest BCUT2D eigenvalue weighted by molar-refractivity contribution is -0.111. The van der Waals surface area contributed by atoms with Gasteiger partial charge in [0.1, 0.15) is 24.0 Å². The van der Waals surface area contributed by atoms with Gasteiger partial charge in [-0.15, -0.1) is 0 Å². The monoisotopic (exact) mass is 384 g/mol. The lowest BCUT2D eigenvalue weighted by Crippen LogP contribution is -2.09. The zero-order chi connectivity index (χ0) is 19.9. The second-order valence-corrected chi connectivity index (χ2v) is 5.90. The van der Waals surface area contributed by atoms with E-state index in [-0.39, 0.29) is 18.3 Å². The number of halogens is 2. The summed E-state index contributed by atoms with van der Waals surface area (Å²) >= 11 is 0. The summed E-state index contributed by atoms with van der Waals surface area (Å²) in [5, 5.41) is 6.83. The number of hydrogen-bond acceptors (Lipinski definition) is 4. The predicted molar refractivity (Wildman–Crippen MR) is 103 cm³/mol. The van der Waals surface area contributed by atoms with Crippen molar-refractivity contribution in [3.8, 4) is 5.75 Å². The maximum absolute atomic E-state index is 13.1. The Morgan fingerprint density at radius 1 is 1.21 bits per heavy atom. The van der Waals surface area contributed by atoms with Gasteiger partial charge < -0.3 is 15.8 Å². The fourth-order valence-corrected chi connectivity index (χ4v) is 2.41. The van der Waals surface area contributed by atoms with Gasteiger partial charge in [0, 0.05) is 36.0 Å². The Morgan fingerprint density at radius 3 is 2.71 bits per heavy atom. The third kappa shape index (κ3) is 5.41. The van der Waals surface area contributed by atoms with E-state index in [1.165, 1.54) is 6.08 Å². The second kappa shape index (κ2) is 8.81. The van der Waals surface area contributed by atoms with E-state index in [2.05, 4.69) is 10.4 Å². The normalized spacial score (nSPS) is 10.9. The van der Waals surface area contributed by atoms with Crippen LogP contribution in [-0.2, 0) is 11.3 Å². The molecule has 0 saturated heterocycles. The minimum absolute atomic E-state index is 0.113. The highest BCUT2D eigenvalue weighted by molar-refractivity contribution is 6.03. The summed E-state index contributed by atoms with van der Waals surface area (Å²) in [5.41, 5.74) is 7.52. The minimum Gasteiger partial charge on any atom is -0.491 e. The Balaban J connectivity index is 1.50. The first-order chi connectivity index (χ1) is 13.5. The van der Waals surface area contributed by atoms with Crippen LogP contribution in [0.4, 0.5) is 20.2 Å². The maximum Gasteiger partial charge on any atom is 0.248 e. The standard InChI is InChI=1S/C20H18F2N4O2/c21-15-9-16(22)11-17(10-15)28-8-7-26-13-14(12-24-26)5-6-20(27)25-19-4-2-1-3-18(19)23/h1-6,9-13H,7-8,23H2,(H,25,27). The zero-order valence-electron chi connectivity index (χ0n) is 14.8. The summed E-state index contributed by atoms with van der Waals surface area (Å²) in [6.07, 6.45) is 6.29. The fourth-order valence-electron chi connectivity index (χ4n) is 2.41. The molecule has 0 spiro atoms. The van der Waals surface area contributed by atoms with Gasteiger partial charge in [0.05, 0.1) is 24.1 Å². The molecule has 0 saturated carbocycles. The Labute approximate surface area is 160 Å². The zero-order valence-corrected chi connectivity index (χ0v) is 14.8. The molecule has 2 aromatic carbocycles. The molecule has 144 valence electrons. The molecule has 0 aliphatic heterocycles. The summed E-state index contributed by atoms with van der Waals surface area (Å²) < 4.78 is 33.1. The number of nitrogens with one attached hydrogen (secondary N) is 1. The summed E-state index contributed by atoms with van der Waals surface area (Å²) in [4.78, 5) is 12.0. The molecule has 0 bridgehead atoms. The molecule has 6 nitrogen and oxygen atoms in total. The van der Waals surface area contributed by atoms with Gasteiger partial charge in [-0.1, -0.05) is 12.1 Å². The summed E-state index contributed by atoms with van der Waals surface area (Å²) in [6.45, 7) is 0.556.